The average Bonchev–Trinajstić information content (AvgIpc) is 3.20. The maximum absolute atomic E-state index is 13.9. The Hall–Kier alpha value is -4.64. The maximum atomic E-state index is 13.9. The van der Waals surface area contributed by atoms with Crippen LogP contribution in [-0.2, 0) is 0 Å². The first-order chi connectivity index (χ1) is 15.5. The summed E-state index contributed by atoms with van der Waals surface area (Å²) in [6.45, 7) is 1.75. The van der Waals surface area contributed by atoms with E-state index in [1.165, 1.54) is 29.1 Å². The predicted molar refractivity (Wildman–Crippen MR) is 118 cm³/mol. The van der Waals surface area contributed by atoms with Crippen LogP contribution in [0.5, 0.6) is 0 Å². The summed E-state index contributed by atoms with van der Waals surface area (Å²) in [5, 5.41) is 17.9. The van der Waals surface area contributed by atoms with Gasteiger partial charge in [0, 0.05) is 16.5 Å². The van der Waals surface area contributed by atoms with Crippen LogP contribution in [0.25, 0.3) is 27.6 Å². The van der Waals surface area contributed by atoms with Crippen LogP contribution in [0.1, 0.15) is 21.6 Å². The minimum absolute atomic E-state index is 0.176. The van der Waals surface area contributed by atoms with Crippen molar-refractivity contribution in [1.29, 1.82) is 5.26 Å². The monoisotopic (exact) mass is 422 g/mol. The van der Waals surface area contributed by atoms with E-state index in [1.54, 1.807) is 19.1 Å². The number of nitrogens with zero attached hydrogens (tertiary/aromatic N) is 5. The molecule has 1 amide bonds. The largest absolute Gasteiger partial charge is 0.305 e. The summed E-state index contributed by atoms with van der Waals surface area (Å²) < 4.78 is 15.3. The molecule has 0 fully saturated rings. The third kappa shape index (κ3) is 3.32. The molecule has 0 aliphatic carbocycles. The summed E-state index contributed by atoms with van der Waals surface area (Å²) in [5.41, 5.74) is 2.29. The summed E-state index contributed by atoms with van der Waals surface area (Å²) in [7, 11) is 0. The van der Waals surface area contributed by atoms with Gasteiger partial charge in [-0.3, -0.25) is 9.78 Å². The first-order valence-electron chi connectivity index (χ1n) is 9.76. The third-order valence-corrected chi connectivity index (χ3v) is 5.07. The number of hydrogen-bond donors (Lipinski definition) is 1. The zero-order valence-electron chi connectivity index (χ0n) is 16.9. The van der Waals surface area contributed by atoms with Crippen molar-refractivity contribution >= 4 is 33.5 Å². The van der Waals surface area contributed by atoms with Gasteiger partial charge < -0.3 is 5.32 Å². The van der Waals surface area contributed by atoms with Gasteiger partial charge in [-0.2, -0.15) is 15.0 Å². The van der Waals surface area contributed by atoms with Crippen LogP contribution in [0.15, 0.2) is 66.9 Å². The third-order valence-electron chi connectivity index (χ3n) is 5.07. The number of aromatic nitrogens is 4. The number of rotatable bonds is 3. The molecule has 5 aromatic rings. The fourth-order valence-corrected chi connectivity index (χ4v) is 3.59. The van der Waals surface area contributed by atoms with E-state index in [9.17, 15) is 14.4 Å². The highest BCUT2D eigenvalue weighted by atomic mass is 19.1. The van der Waals surface area contributed by atoms with Crippen LogP contribution < -0.4 is 5.32 Å². The summed E-state index contributed by atoms with van der Waals surface area (Å²) in [5.74, 6) is -0.355. The molecule has 3 heterocycles. The van der Waals surface area contributed by atoms with Gasteiger partial charge in [0.25, 0.3) is 5.91 Å². The number of aryl methyl sites for hydroxylation is 1. The molecule has 154 valence electrons. The summed E-state index contributed by atoms with van der Waals surface area (Å²) in [6.07, 6.45) is 1.36. The van der Waals surface area contributed by atoms with Gasteiger partial charge in [0.2, 0.25) is 0 Å². The van der Waals surface area contributed by atoms with Gasteiger partial charge in [-0.05, 0) is 49.4 Å². The smallest absolute Gasteiger partial charge is 0.257 e. The second kappa shape index (κ2) is 7.56. The first-order valence-corrected chi connectivity index (χ1v) is 9.76. The molecule has 3 aromatic heterocycles. The summed E-state index contributed by atoms with van der Waals surface area (Å²) in [4.78, 5) is 22.2. The Morgan fingerprint density at radius 2 is 1.91 bits per heavy atom. The average molecular weight is 422 g/mol. The van der Waals surface area contributed by atoms with Gasteiger partial charge in [0.05, 0.1) is 22.8 Å². The van der Waals surface area contributed by atoms with E-state index in [-0.39, 0.29) is 16.9 Å². The highest BCUT2D eigenvalue weighted by Crippen LogP contribution is 2.24. The lowest BCUT2D eigenvalue weighted by molar-refractivity contribution is 0.102. The van der Waals surface area contributed by atoms with E-state index in [1.807, 2.05) is 36.4 Å². The Kier molecular flexibility index (Phi) is 4.57. The Morgan fingerprint density at radius 1 is 1.06 bits per heavy atom. The molecular formula is C24H15FN6O. The van der Waals surface area contributed by atoms with E-state index >= 15 is 0 Å². The summed E-state index contributed by atoms with van der Waals surface area (Å²) in [6, 6.07) is 19.0. The van der Waals surface area contributed by atoms with Crippen LogP contribution in [0.3, 0.4) is 0 Å². The van der Waals surface area contributed by atoms with Crippen LogP contribution in [0.2, 0.25) is 0 Å². The van der Waals surface area contributed by atoms with Crippen molar-refractivity contribution in [3.05, 3.63) is 89.5 Å². The van der Waals surface area contributed by atoms with Gasteiger partial charge in [-0.1, -0.05) is 18.2 Å². The van der Waals surface area contributed by atoms with Crippen LogP contribution in [0.4, 0.5) is 10.2 Å². The minimum Gasteiger partial charge on any atom is -0.305 e. The molecule has 0 spiro atoms. The van der Waals surface area contributed by atoms with Crippen LogP contribution in [-0.4, -0.2) is 25.7 Å². The molecule has 2 aromatic carbocycles. The molecule has 7 nitrogen and oxygen atoms in total. The molecule has 8 heteroatoms. The van der Waals surface area contributed by atoms with Crippen LogP contribution in [0, 0.1) is 24.1 Å². The van der Waals surface area contributed by atoms with Crippen molar-refractivity contribution in [3.63, 3.8) is 0 Å². The number of amides is 1. The van der Waals surface area contributed by atoms with Crippen molar-refractivity contribution in [3.8, 4) is 11.9 Å². The predicted octanol–water partition coefficient (Wildman–Crippen LogP) is 4.54. The number of nitrogens with one attached hydrogen (secondary N) is 1. The van der Waals surface area contributed by atoms with Crippen molar-refractivity contribution < 1.29 is 9.18 Å². The zero-order valence-corrected chi connectivity index (χ0v) is 16.9. The number of hydrogen-bond acceptors (Lipinski definition) is 5. The normalized spacial score (nSPS) is 10.9. The quantitative estimate of drug-likeness (QED) is 0.460. The van der Waals surface area contributed by atoms with E-state index in [2.05, 4.69) is 20.4 Å². The molecule has 0 aliphatic rings. The second-order valence-corrected chi connectivity index (χ2v) is 7.22. The Balaban J connectivity index is 1.60. The van der Waals surface area contributed by atoms with E-state index < -0.39 is 11.7 Å². The summed E-state index contributed by atoms with van der Waals surface area (Å²) >= 11 is 0. The Morgan fingerprint density at radius 3 is 2.75 bits per heavy atom. The molecule has 0 aliphatic heterocycles. The molecular weight excluding hydrogens is 407 g/mol. The first kappa shape index (κ1) is 19.3. The number of nitriles is 1. The lowest BCUT2D eigenvalue weighted by atomic mass is 10.1. The van der Waals surface area contributed by atoms with Gasteiger partial charge in [-0.25, -0.2) is 9.37 Å². The number of carbonyl (C=O) groups is 1. The fourth-order valence-electron chi connectivity index (χ4n) is 3.59. The van der Waals surface area contributed by atoms with E-state index in [0.29, 0.717) is 22.4 Å². The SMILES string of the molecule is Cc1cc(C(=O)Nc2c(C#N)cnn2-c2ccc3ccccc3n2)c2cc(F)ccc2n1. The lowest BCUT2D eigenvalue weighted by Gasteiger charge is -2.12. The molecule has 5 rings (SSSR count). The molecule has 0 saturated carbocycles. The van der Waals surface area contributed by atoms with Gasteiger partial charge in [0.15, 0.2) is 11.6 Å². The number of anilines is 1. The van der Waals surface area contributed by atoms with Crippen LogP contribution >= 0.6 is 0 Å². The van der Waals surface area contributed by atoms with E-state index in [0.717, 1.165) is 10.9 Å². The number of carbonyl (C=O) groups excluding carboxylic acids is 1. The fraction of sp³-hybridized carbons (Fsp3) is 0.0417. The second-order valence-electron chi connectivity index (χ2n) is 7.22. The molecule has 0 saturated heterocycles. The topological polar surface area (TPSA) is 96.5 Å². The molecule has 0 unspecified atom stereocenters. The van der Waals surface area contributed by atoms with Crippen molar-refractivity contribution in [2.24, 2.45) is 0 Å². The van der Waals surface area contributed by atoms with Crippen molar-refractivity contribution in [1.82, 2.24) is 19.7 Å². The van der Waals surface area contributed by atoms with Crippen molar-refractivity contribution in [2.45, 2.75) is 6.92 Å². The standard InChI is InChI=1S/C24H15FN6O/c1-14-10-19(18-11-17(25)7-8-21(18)28-14)24(32)30-23-16(12-26)13-27-31(23)22-9-6-15-4-2-3-5-20(15)29-22/h2-11,13H,1H3,(H,30,32). The maximum Gasteiger partial charge on any atom is 0.257 e. The molecule has 0 bridgehead atoms. The number of benzene rings is 2. The highest BCUT2D eigenvalue weighted by Gasteiger charge is 2.19. The molecule has 0 atom stereocenters. The lowest BCUT2D eigenvalue weighted by Crippen LogP contribution is -2.17. The van der Waals surface area contributed by atoms with Gasteiger partial charge in [-0.15, -0.1) is 0 Å². The Bertz CT molecular complexity index is 1570. The number of para-hydroxylation sites is 1. The molecule has 32 heavy (non-hydrogen) atoms. The Labute approximate surface area is 181 Å². The van der Waals surface area contributed by atoms with Crippen molar-refractivity contribution in [2.75, 3.05) is 5.32 Å². The highest BCUT2D eigenvalue weighted by molar-refractivity contribution is 6.12. The molecule has 0 radical (unpaired) electrons. The minimum atomic E-state index is -0.509. The van der Waals surface area contributed by atoms with Gasteiger partial charge in [0.1, 0.15) is 17.4 Å². The number of pyridine rings is 2. The zero-order chi connectivity index (χ0) is 22.2. The number of fused-ring (bicyclic) bond motifs is 2. The molecule has 1 N–H and O–H groups in total. The van der Waals surface area contributed by atoms with E-state index in [4.69, 9.17) is 0 Å². The number of halogens is 1. The van der Waals surface area contributed by atoms with Gasteiger partial charge >= 0.3 is 0 Å².